The van der Waals surface area contributed by atoms with E-state index in [1.807, 2.05) is 27.7 Å². The molecule has 0 aliphatic heterocycles. The number of anilines is 1. The van der Waals surface area contributed by atoms with E-state index in [1.165, 1.54) is 31.9 Å². The normalized spacial score (nSPS) is 13.5. The van der Waals surface area contributed by atoms with Crippen LogP contribution in [-0.2, 0) is 34.4 Å². The third kappa shape index (κ3) is 14.4. The van der Waals surface area contributed by atoms with Gasteiger partial charge in [0.15, 0.2) is 6.10 Å². The molecular formula is C44H52ClN9O8S. The Morgan fingerprint density at radius 2 is 1.35 bits per heavy atom. The number of pyridine rings is 1. The molecule has 2 amide bonds. The van der Waals surface area contributed by atoms with E-state index >= 15 is 0 Å². The number of nitrogens with two attached hydrogens (primary N) is 3. The minimum absolute atomic E-state index is 0.00326. The van der Waals surface area contributed by atoms with E-state index in [9.17, 15) is 29.7 Å². The number of nitrogen functional groups attached to an aromatic ring is 1. The summed E-state index contributed by atoms with van der Waals surface area (Å²) in [5, 5.41) is 26.3. The van der Waals surface area contributed by atoms with E-state index in [0.29, 0.717) is 35.0 Å². The first-order valence-corrected chi connectivity index (χ1v) is 21.5. The number of hydrogen-bond donors (Lipinski definition) is 5. The number of carbonyl (C=O) groups is 4. The van der Waals surface area contributed by atoms with Crippen LogP contribution in [0.4, 0.5) is 5.82 Å². The van der Waals surface area contributed by atoms with Gasteiger partial charge in [0.25, 0.3) is 0 Å². The molecule has 63 heavy (non-hydrogen) atoms. The second kappa shape index (κ2) is 23.3. The molecule has 4 aromatic rings. The van der Waals surface area contributed by atoms with Gasteiger partial charge < -0.3 is 46.5 Å². The number of nitriles is 2. The highest BCUT2D eigenvalue weighted by atomic mass is 35.5. The molecule has 2 unspecified atom stereocenters. The number of esters is 2. The number of nitrogens with one attached hydrogen (secondary N) is 2. The number of thioether (sulfide) groups is 1. The lowest BCUT2D eigenvalue weighted by Crippen LogP contribution is -2.49. The summed E-state index contributed by atoms with van der Waals surface area (Å²) >= 11 is 7.20. The van der Waals surface area contributed by atoms with Crippen molar-refractivity contribution >= 4 is 52.9 Å². The van der Waals surface area contributed by atoms with Gasteiger partial charge in [0.2, 0.25) is 17.7 Å². The van der Waals surface area contributed by atoms with Gasteiger partial charge >= 0.3 is 11.9 Å². The molecule has 0 radical (unpaired) electrons. The Morgan fingerprint density at radius 1 is 0.794 bits per heavy atom. The molecule has 4 rings (SSSR count). The van der Waals surface area contributed by atoms with Crippen molar-refractivity contribution in [2.75, 3.05) is 18.9 Å². The summed E-state index contributed by atoms with van der Waals surface area (Å²) in [7, 11) is 0. The second-order valence-electron chi connectivity index (χ2n) is 15.5. The maximum absolute atomic E-state index is 13.2. The largest absolute Gasteiger partial charge is 0.490 e. The highest BCUT2D eigenvalue weighted by Gasteiger charge is 2.28. The summed E-state index contributed by atoms with van der Waals surface area (Å²) in [4.78, 5) is 60.2. The van der Waals surface area contributed by atoms with Crippen molar-refractivity contribution in [2.24, 2.45) is 23.3 Å². The molecule has 0 aliphatic rings. The number of aromatic nitrogens is 2. The summed E-state index contributed by atoms with van der Waals surface area (Å²) in [6.45, 7) is 9.73. The maximum atomic E-state index is 13.2. The van der Waals surface area contributed by atoms with Gasteiger partial charge in [-0.2, -0.15) is 10.5 Å². The van der Waals surface area contributed by atoms with Crippen molar-refractivity contribution in [1.29, 1.82) is 10.5 Å². The van der Waals surface area contributed by atoms with Crippen LogP contribution in [0.1, 0.15) is 71.2 Å². The molecule has 0 saturated carbocycles. The monoisotopic (exact) mass is 901 g/mol. The molecular weight excluding hydrogens is 850 g/mol. The molecule has 2 aromatic carbocycles. The first-order valence-electron chi connectivity index (χ1n) is 20.1. The Hall–Kier alpha value is -6.18. The number of benzene rings is 2. The van der Waals surface area contributed by atoms with Crippen molar-refractivity contribution in [1.82, 2.24) is 20.6 Å². The molecule has 17 nitrogen and oxygen atoms in total. The Labute approximate surface area is 375 Å². The Bertz CT molecular complexity index is 2310. The van der Waals surface area contributed by atoms with Crippen LogP contribution in [-0.4, -0.2) is 77.2 Å². The van der Waals surface area contributed by atoms with E-state index in [-0.39, 0.29) is 57.5 Å². The van der Waals surface area contributed by atoms with Gasteiger partial charge in [-0.25, -0.2) is 19.6 Å². The molecule has 0 fully saturated rings. The lowest BCUT2D eigenvalue weighted by Gasteiger charge is -2.23. The average molecular weight is 902 g/mol. The summed E-state index contributed by atoms with van der Waals surface area (Å²) in [6.07, 6.45) is 1.13. The van der Waals surface area contributed by atoms with Crippen molar-refractivity contribution in [3.05, 3.63) is 76.6 Å². The predicted octanol–water partition coefficient (Wildman–Crippen LogP) is 5.26. The minimum Gasteiger partial charge on any atom is -0.490 e. The number of nitrogens with zero attached hydrogens (tertiary/aromatic N) is 4. The number of ether oxygens (including phenoxy) is 3. The van der Waals surface area contributed by atoms with Crippen LogP contribution >= 0.6 is 23.4 Å². The highest BCUT2D eigenvalue weighted by Crippen LogP contribution is 2.37. The molecule has 5 atom stereocenters. The van der Waals surface area contributed by atoms with E-state index < -0.39 is 60.6 Å². The quantitative estimate of drug-likeness (QED) is 0.0526. The van der Waals surface area contributed by atoms with Gasteiger partial charge in [-0.1, -0.05) is 63.2 Å². The first-order chi connectivity index (χ1) is 29.9. The first kappa shape index (κ1) is 49.5. The van der Waals surface area contributed by atoms with Crippen LogP contribution in [0, 0.1) is 34.5 Å². The van der Waals surface area contributed by atoms with E-state index in [2.05, 4.69) is 32.7 Å². The standard InChI is InChI=1S/C44H52ClN9O8S/c1-23(2)15-35(48)39(55)51-25(5)43(57)61-21-32(62-44(58)26(6)52-40(56)36(49)16-24(3)4)20-59-31-13-9-27(10-14-31)37-33(17-46)38(50)54-42(34(37)18-47)63-22-30-19-60-41(53-30)28-7-11-29(45)12-8-28/h7-14,19,23-26,32,35-36H,15-16,20-22,48-49H2,1-6H3,(H2,50,54)(H,51,55)(H,52,56)/t25?,26?,32-,35-,36-/m0/s1. The van der Waals surface area contributed by atoms with Gasteiger partial charge in [-0.15, -0.1) is 0 Å². The zero-order valence-electron chi connectivity index (χ0n) is 35.8. The number of rotatable bonds is 21. The Morgan fingerprint density at radius 3 is 1.90 bits per heavy atom. The fraction of sp³-hybridized carbons (Fsp3) is 0.409. The highest BCUT2D eigenvalue weighted by molar-refractivity contribution is 7.98. The fourth-order valence-electron chi connectivity index (χ4n) is 6.01. The third-order valence-corrected chi connectivity index (χ3v) is 10.5. The van der Waals surface area contributed by atoms with Crippen molar-refractivity contribution in [3.63, 3.8) is 0 Å². The molecule has 2 heterocycles. The van der Waals surface area contributed by atoms with E-state index in [1.54, 1.807) is 48.5 Å². The van der Waals surface area contributed by atoms with Crippen LogP contribution in [0.2, 0.25) is 5.02 Å². The summed E-state index contributed by atoms with van der Waals surface area (Å²) in [5.41, 5.74) is 20.3. The molecule has 19 heteroatoms. The fourth-order valence-corrected chi connectivity index (χ4v) is 7.01. The minimum atomic E-state index is -1.18. The zero-order valence-corrected chi connectivity index (χ0v) is 37.4. The topological polar surface area (TPSA) is 285 Å². The second-order valence-corrected chi connectivity index (χ2v) is 16.9. The molecule has 0 saturated heterocycles. The SMILES string of the molecule is CC(C)C[C@H](N)C(=O)NC(C)C(=O)OC[C@H](COc1ccc(-c2c(C#N)c(N)nc(SCc3coc(-c4ccc(Cl)cc4)n3)c2C#N)cc1)OC(=O)C(C)NC(=O)[C@@H](N)CC(C)C. The number of amides is 2. The summed E-state index contributed by atoms with van der Waals surface area (Å²) < 4.78 is 22.7. The van der Waals surface area contributed by atoms with Crippen molar-refractivity contribution < 1.29 is 37.8 Å². The number of halogens is 1. The van der Waals surface area contributed by atoms with E-state index in [4.69, 9.17) is 47.4 Å². The zero-order chi connectivity index (χ0) is 46.4. The number of hydrogen-bond acceptors (Lipinski definition) is 16. The van der Waals surface area contributed by atoms with Gasteiger partial charge in [0.05, 0.1) is 23.3 Å². The van der Waals surface area contributed by atoms with Crippen molar-refractivity contribution in [3.8, 4) is 40.5 Å². The molecule has 334 valence electrons. The summed E-state index contributed by atoms with van der Waals surface area (Å²) in [5.74, 6) is -1.55. The Kier molecular flexibility index (Phi) is 18.3. The van der Waals surface area contributed by atoms with Gasteiger partial charge in [0, 0.05) is 21.9 Å². The van der Waals surface area contributed by atoms with Crippen LogP contribution in [0.5, 0.6) is 5.75 Å². The lowest BCUT2D eigenvalue weighted by atomic mass is 9.97. The van der Waals surface area contributed by atoms with Gasteiger partial charge in [-0.05, 0) is 80.5 Å². The van der Waals surface area contributed by atoms with Crippen molar-refractivity contribution in [2.45, 2.75) is 95.4 Å². The van der Waals surface area contributed by atoms with Crippen LogP contribution in [0.3, 0.4) is 0 Å². The smallest absolute Gasteiger partial charge is 0.328 e. The Balaban J connectivity index is 1.50. The molecule has 0 bridgehead atoms. The van der Waals surface area contributed by atoms with Crippen LogP contribution in [0.25, 0.3) is 22.6 Å². The molecule has 0 aliphatic carbocycles. The lowest BCUT2D eigenvalue weighted by molar-refractivity contribution is -0.163. The third-order valence-electron chi connectivity index (χ3n) is 9.24. The average Bonchev–Trinajstić information content (AvgIpc) is 3.72. The number of carbonyl (C=O) groups excluding carboxylic acids is 4. The van der Waals surface area contributed by atoms with Crippen LogP contribution in [0.15, 0.2) is 64.2 Å². The maximum Gasteiger partial charge on any atom is 0.328 e. The molecule has 0 spiro atoms. The van der Waals surface area contributed by atoms with Crippen LogP contribution < -0.4 is 32.6 Å². The molecule has 2 aromatic heterocycles. The predicted molar refractivity (Wildman–Crippen MR) is 236 cm³/mol. The van der Waals surface area contributed by atoms with Gasteiger partial charge in [0.1, 0.15) is 65.9 Å². The summed E-state index contributed by atoms with van der Waals surface area (Å²) in [6, 6.07) is 13.7. The van der Waals surface area contributed by atoms with E-state index in [0.717, 1.165) is 5.56 Å². The van der Waals surface area contributed by atoms with Gasteiger partial charge in [-0.3, -0.25) is 9.59 Å². The molecule has 8 N–H and O–H groups in total. The number of oxazole rings is 1.